The minimum Gasteiger partial charge on any atom is -0.314 e. The van der Waals surface area contributed by atoms with Crippen LogP contribution in [0, 0.1) is 0 Å². The summed E-state index contributed by atoms with van der Waals surface area (Å²) in [5.74, 6) is 0. The normalized spacial score (nSPS) is 11.7. The zero-order valence-electron chi connectivity index (χ0n) is 20.6. The second kappa shape index (κ2) is 8.19. The average Bonchev–Trinajstić information content (AvgIpc) is 3.51. The Kier molecular flexibility index (Phi) is 4.52. The highest BCUT2D eigenvalue weighted by atomic mass is 15.0. The van der Waals surface area contributed by atoms with Gasteiger partial charge >= 0.3 is 0 Å². The Bertz CT molecular complexity index is 2120. The first-order valence-electron chi connectivity index (χ1n) is 12.9. The van der Waals surface area contributed by atoms with Crippen LogP contribution < -0.4 is 0 Å². The fraction of sp³-hybridized carbons (Fsp3) is 0. The summed E-state index contributed by atoms with van der Waals surface area (Å²) in [6.07, 6.45) is 6.01. The van der Waals surface area contributed by atoms with E-state index in [0.717, 1.165) is 5.69 Å². The Hall–Kier alpha value is -5.15. The largest absolute Gasteiger partial charge is 0.314 e. The summed E-state index contributed by atoms with van der Waals surface area (Å²) < 4.78 is 4.73. The number of nitrogens with zero attached hydrogens (tertiary/aromatic N) is 3. The molecule has 8 rings (SSSR count). The van der Waals surface area contributed by atoms with Gasteiger partial charge in [0.25, 0.3) is 0 Å². The molecule has 4 aromatic carbocycles. The smallest absolute Gasteiger partial charge is 0.0790 e. The van der Waals surface area contributed by atoms with Crippen LogP contribution in [0.3, 0.4) is 0 Å². The molecule has 8 aromatic rings. The summed E-state index contributed by atoms with van der Waals surface area (Å²) in [4.78, 5) is 4.48. The van der Waals surface area contributed by atoms with Crippen molar-refractivity contribution in [2.75, 3.05) is 0 Å². The van der Waals surface area contributed by atoms with Gasteiger partial charge in [-0.3, -0.25) is 4.98 Å². The molecule has 0 spiro atoms. The lowest BCUT2D eigenvalue weighted by molar-refractivity contribution is 1.13. The molecule has 3 nitrogen and oxygen atoms in total. The van der Waals surface area contributed by atoms with Gasteiger partial charge in [-0.05, 0) is 53.1 Å². The summed E-state index contributed by atoms with van der Waals surface area (Å²) in [5, 5.41) is 3.72. The van der Waals surface area contributed by atoms with Crippen molar-refractivity contribution >= 4 is 38.2 Å². The quantitative estimate of drug-likeness (QED) is 0.245. The molecule has 0 saturated heterocycles. The molecule has 0 aliphatic heterocycles. The SMILES string of the molecule is c1ccc(-c2cccc(-c3c4ccccc4n4ccc5c6ccccc6n(-c6cccnc6)c5c34)c2)cc1. The molecule has 0 radical (unpaired) electrons. The Morgan fingerprint density at radius 2 is 1.24 bits per heavy atom. The molecule has 0 amide bonds. The lowest BCUT2D eigenvalue weighted by atomic mass is 9.97. The van der Waals surface area contributed by atoms with Gasteiger partial charge in [0.05, 0.1) is 34.0 Å². The number of para-hydroxylation sites is 2. The zero-order chi connectivity index (χ0) is 25.1. The maximum Gasteiger partial charge on any atom is 0.0790 e. The van der Waals surface area contributed by atoms with Crippen molar-refractivity contribution in [3.63, 3.8) is 0 Å². The van der Waals surface area contributed by atoms with Crippen molar-refractivity contribution in [1.82, 2.24) is 14.0 Å². The summed E-state index contributed by atoms with van der Waals surface area (Å²) in [6.45, 7) is 0. The van der Waals surface area contributed by atoms with Crippen LogP contribution >= 0.6 is 0 Å². The van der Waals surface area contributed by atoms with Crippen LogP contribution in [0.5, 0.6) is 0 Å². The summed E-state index contributed by atoms with van der Waals surface area (Å²) in [6, 6.07) is 43.3. The van der Waals surface area contributed by atoms with Crippen LogP contribution in [0.2, 0.25) is 0 Å². The van der Waals surface area contributed by atoms with Gasteiger partial charge in [-0.2, -0.15) is 0 Å². The van der Waals surface area contributed by atoms with E-state index >= 15 is 0 Å². The van der Waals surface area contributed by atoms with E-state index < -0.39 is 0 Å². The summed E-state index contributed by atoms with van der Waals surface area (Å²) in [5.41, 5.74) is 10.7. The first-order chi connectivity index (χ1) is 18.9. The van der Waals surface area contributed by atoms with Crippen molar-refractivity contribution in [2.24, 2.45) is 0 Å². The Labute approximate surface area is 219 Å². The predicted molar refractivity (Wildman–Crippen MR) is 158 cm³/mol. The number of pyridine rings is 2. The first-order valence-corrected chi connectivity index (χ1v) is 12.9. The van der Waals surface area contributed by atoms with Gasteiger partial charge in [-0.15, -0.1) is 0 Å². The Morgan fingerprint density at radius 3 is 2.08 bits per heavy atom. The molecule has 0 unspecified atom stereocenters. The monoisotopic (exact) mass is 485 g/mol. The Balaban J connectivity index is 1.57. The maximum atomic E-state index is 4.48. The van der Waals surface area contributed by atoms with Gasteiger partial charge in [-0.25, -0.2) is 0 Å². The van der Waals surface area contributed by atoms with Gasteiger partial charge in [0, 0.05) is 34.1 Å². The summed E-state index contributed by atoms with van der Waals surface area (Å²) >= 11 is 0. The minimum atomic E-state index is 1.06. The lowest BCUT2D eigenvalue weighted by Crippen LogP contribution is -1.96. The molecule has 0 N–H and O–H groups in total. The van der Waals surface area contributed by atoms with E-state index in [1.54, 1.807) is 0 Å². The fourth-order valence-electron chi connectivity index (χ4n) is 6.00. The van der Waals surface area contributed by atoms with E-state index in [1.165, 1.54) is 60.5 Å². The van der Waals surface area contributed by atoms with Crippen LogP contribution in [0.4, 0.5) is 0 Å². The minimum absolute atomic E-state index is 1.06. The molecule has 4 aromatic heterocycles. The average molecular weight is 486 g/mol. The van der Waals surface area contributed by atoms with Crippen LogP contribution in [-0.4, -0.2) is 14.0 Å². The number of hydrogen-bond donors (Lipinski definition) is 0. The molecule has 38 heavy (non-hydrogen) atoms. The van der Waals surface area contributed by atoms with Crippen molar-refractivity contribution in [2.45, 2.75) is 0 Å². The predicted octanol–water partition coefficient (Wildman–Crippen LogP) is 8.92. The van der Waals surface area contributed by atoms with Crippen LogP contribution in [-0.2, 0) is 0 Å². The second-order valence-corrected chi connectivity index (χ2v) is 9.70. The van der Waals surface area contributed by atoms with Crippen LogP contribution in [0.15, 0.2) is 140 Å². The third-order valence-corrected chi connectivity index (χ3v) is 7.60. The van der Waals surface area contributed by atoms with Gasteiger partial charge in [0.1, 0.15) is 0 Å². The van der Waals surface area contributed by atoms with Gasteiger partial charge in [0.2, 0.25) is 0 Å². The highest BCUT2D eigenvalue weighted by Gasteiger charge is 2.21. The molecule has 0 fully saturated rings. The van der Waals surface area contributed by atoms with E-state index in [2.05, 4.69) is 135 Å². The van der Waals surface area contributed by atoms with Gasteiger partial charge in [-0.1, -0.05) is 84.9 Å². The molecule has 3 heteroatoms. The molecule has 0 saturated carbocycles. The van der Waals surface area contributed by atoms with Gasteiger partial charge in [0.15, 0.2) is 0 Å². The third-order valence-electron chi connectivity index (χ3n) is 7.60. The third kappa shape index (κ3) is 2.99. The van der Waals surface area contributed by atoms with E-state index in [1.807, 2.05) is 18.5 Å². The molecular formula is C35H23N3. The molecule has 0 aliphatic rings. The van der Waals surface area contributed by atoms with Crippen molar-refractivity contribution in [3.8, 4) is 27.9 Å². The standard InChI is InChI=1S/C35H23N3/c1-2-10-24(11-3-1)25-12-8-13-26(22-25)33-30-16-5-6-17-31(30)37-21-19-29-28-15-4-7-18-32(28)38(34(29)35(33)37)27-14-9-20-36-23-27/h1-23H. The molecule has 0 atom stereocenters. The summed E-state index contributed by atoms with van der Waals surface area (Å²) in [7, 11) is 0. The van der Waals surface area contributed by atoms with E-state index in [4.69, 9.17) is 0 Å². The molecule has 178 valence electrons. The van der Waals surface area contributed by atoms with E-state index in [-0.39, 0.29) is 0 Å². The molecule has 0 bridgehead atoms. The number of benzene rings is 4. The second-order valence-electron chi connectivity index (χ2n) is 9.70. The molecule has 0 aliphatic carbocycles. The highest BCUT2D eigenvalue weighted by molar-refractivity contribution is 6.20. The van der Waals surface area contributed by atoms with Crippen molar-refractivity contribution in [1.29, 1.82) is 0 Å². The molecule has 4 heterocycles. The van der Waals surface area contributed by atoms with Crippen molar-refractivity contribution in [3.05, 3.63) is 140 Å². The number of fused-ring (bicyclic) bond motifs is 7. The number of aromatic nitrogens is 3. The lowest BCUT2D eigenvalue weighted by Gasteiger charge is -2.11. The maximum absolute atomic E-state index is 4.48. The fourth-order valence-corrected chi connectivity index (χ4v) is 6.00. The van der Waals surface area contributed by atoms with E-state index in [9.17, 15) is 0 Å². The highest BCUT2D eigenvalue weighted by Crippen LogP contribution is 2.43. The first kappa shape index (κ1) is 21.0. The Morgan fingerprint density at radius 1 is 0.500 bits per heavy atom. The number of rotatable bonds is 3. The molecular weight excluding hydrogens is 462 g/mol. The number of hydrogen-bond acceptors (Lipinski definition) is 1. The van der Waals surface area contributed by atoms with Crippen molar-refractivity contribution < 1.29 is 0 Å². The van der Waals surface area contributed by atoms with Gasteiger partial charge < -0.3 is 8.97 Å². The van der Waals surface area contributed by atoms with Crippen LogP contribution in [0.1, 0.15) is 0 Å². The van der Waals surface area contributed by atoms with Crippen LogP contribution in [0.25, 0.3) is 66.2 Å². The zero-order valence-corrected chi connectivity index (χ0v) is 20.6. The van der Waals surface area contributed by atoms with E-state index in [0.29, 0.717) is 0 Å². The topological polar surface area (TPSA) is 22.2 Å².